The first-order chi connectivity index (χ1) is 14.5. The zero-order chi connectivity index (χ0) is 21.1. The fraction of sp³-hybridized carbons (Fsp3) is 0.375. The molecule has 4 rings (SSSR count). The van der Waals surface area contributed by atoms with Gasteiger partial charge in [-0.1, -0.05) is 47.2 Å². The van der Waals surface area contributed by atoms with E-state index >= 15 is 0 Å². The Labute approximate surface area is 177 Å². The minimum Gasteiger partial charge on any atom is -0.348 e. The number of rotatable bonds is 5. The van der Waals surface area contributed by atoms with E-state index in [1.807, 2.05) is 38.1 Å². The Bertz CT molecular complexity index is 1030. The van der Waals surface area contributed by atoms with Gasteiger partial charge in [-0.15, -0.1) is 5.10 Å². The van der Waals surface area contributed by atoms with E-state index in [4.69, 9.17) is 0 Å². The summed E-state index contributed by atoms with van der Waals surface area (Å²) in [6, 6.07) is 16.9. The Morgan fingerprint density at radius 2 is 1.73 bits per heavy atom. The third-order valence-corrected chi connectivity index (χ3v) is 5.77. The van der Waals surface area contributed by atoms with E-state index < -0.39 is 0 Å². The number of likely N-dealkylation sites (tertiary alicyclic amines) is 1. The Kier molecular flexibility index (Phi) is 5.95. The molecular weight excluding hydrogens is 374 g/mol. The quantitative estimate of drug-likeness (QED) is 0.707. The molecule has 0 spiro atoms. The van der Waals surface area contributed by atoms with Crippen molar-refractivity contribution in [3.05, 3.63) is 76.6 Å². The van der Waals surface area contributed by atoms with Crippen LogP contribution in [-0.2, 0) is 6.54 Å². The van der Waals surface area contributed by atoms with Gasteiger partial charge in [0.2, 0.25) is 0 Å². The van der Waals surface area contributed by atoms with Crippen molar-refractivity contribution in [1.82, 2.24) is 25.2 Å². The number of aryl methyl sites for hydroxylation is 2. The maximum absolute atomic E-state index is 12.8. The molecule has 30 heavy (non-hydrogen) atoms. The van der Waals surface area contributed by atoms with Crippen molar-refractivity contribution >= 4 is 5.91 Å². The first kappa shape index (κ1) is 20.3. The van der Waals surface area contributed by atoms with E-state index in [0.29, 0.717) is 5.69 Å². The van der Waals surface area contributed by atoms with E-state index in [2.05, 4.69) is 51.7 Å². The summed E-state index contributed by atoms with van der Waals surface area (Å²) in [5, 5.41) is 11.5. The van der Waals surface area contributed by atoms with Crippen LogP contribution in [0.5, 0.6) is 0 Å². The highest BCUT2D eigenvalue weighted by Gasteiger charge is 2.24. The van der Waals surface area contributed by atoms with E-state index in [9.17, 15) is 4.79 Å². The summed E-state index contributed by atoms with van der Waals surface area (Å²) in [6.07, 6.45) is 1.89. The second kappa shape index (κ2) is 8.79. The zero-order valence-electron chi connectivity index (χ0n) is 17.9. The van der Waals surface area contributed by atoms with E-state index in [0.717, 1.165) is 49.4 Å². The van der Waals surface area contributed by atoms with Crippen LogP contribution in [0.25, 0.3) is 5.69 Å². The summed E-state index contributed by atoms with van der Waals surface area (Å²) in [7, 11) is 0. The highest BCUT2D eigenvalue weighted by Crippen LogP contribution is 2.17. The minimum absolute atomic E-state index is 0.136. The number of carbonyl (C=O) groups is 1. The van der Waals surface area contributed by atoms with E-state index in [1.54, 1.807) is 4.68 Å². The summed E-state index contributed by atoms with van der Waals surface area (Å²) in [5.41, 5.74) is 5.87. The van der Waals surface area contributed by atoms with Crippen molar-refractivity contribution in [1.29, 1.82) is 0 Å². The average Bonchev–Trinajstić information content (AvgIpc) is 3.11. The van der Waals surface area contributed by atoms with E-state index in [1.165, 1.54) is 11.1 Å². The van der Waals surface area contributed by atoms with Crippen LogP contribution in [0, 0.1) is 20.8 Å². The monoisotopic (exact) mass is 403 g/mol. The fourth-order valence-corrected chi connectivity index (χ4v) is 4.10. The van der Waals surface area contributed by atoms with Crippen molar-refractivity contribution < 1.29 is 4.79 Å². The van der Waals surface area contributed by atoms with Gasteiger partial charge in [-0.2, -0.15) is 0 Å². The molecule has 1 amide bonds. The van der Waals surface area contributed by atoms with Crippen LogP contribution in [0.4, 0.5) is 0 Å². The lowest BCUT2D eigenvalue weighted by Gasteiger charge is -2.32. The molecule has 1 aliphatic rings. The normalized spacial score (nSPS) is 15.3. The van der Waals surface area contributed by atoms with Gasteiger partial charge in [0.15, 0.2) is 5.69 Å². The minimum atomic E-state index is -0.136. The molecule has 3 aromatic rings. The summed E-state index contributed by atoms with van der Waals surface area (Å²) in [5.74, 6) is -0.136. The molecule has 156 valence electrons. The third kappa shape index (κ3) is 4.60. The fourth-order valence-electron chi connectivity index (χ4n) is 4.10. The van der Waals surface area contributed by atoms with Gasteiger partial charge in [-0.05, 0) is 56.9 Å². The van der Waals surface area contributed by atoms with Crippen molar-refractivity contribution in [2.45, 2.75) is 46.2 Å². The number of aromatic nitrogens is 3. The van der Waals surface area contributed by atoms with Crippen LogP contribution >= 0.6 is 0 Å². The van der Waals surface area contributed by atoms with Crippen LogP contribution in [0.2, 0.25) is 0 Å². The van der Waals surface area contributed by atoms with E-state index in [-0.39, 0.29) is 11.9 Å². The van der Waals surface area contributed by atoms with Gasteiger partial charge in [-0.25, -0.2) is 4.68 Å². The Morgan fingerprint density at radius 3 is 2.43 bits per heavy atom. The average molecular weight is 404 g/mol. The van der Waals surface area contributed by atoms with Crippen LogP contribution in [0.1, 0.15) is 45.7 Å². The number of benzene rings is 2. The SMILES string of the molecule is Cc1cccc(CN2CCC(NC(=O)c3nnn(-c4cccc(C)c4)c3C)CC2)c1. The smallest absolute Gasteiger partial charge is 0.273 e. The molecule has 1 aliphatic heterocycles. The molecular formula is C24H29N5O. The van der Waals surface area contributed by atoms with Crippen molar-refractivity contribution in [2.75, 3.05) is 13.1 Å². The van der Waals surface area contributed by atoms with Gasteiger partial charge in [0, 0.05) is 25.7 Å². The molecule has 1 saturated heterocycles. The number of piperidine rings is 1. The Balaban J connectivity index is 1.34. The second-order valence-electron chi connectivity index (χ2n) is 8.29. The molecule has 6 heteroatoms. The first-order valence-electron chi connectivity index (χ1n) is 10.6. The maximum Gasteiger partial charge on any atom is 0.273 e. The Morgan fingerprint density at radius 1 is 1.03 bits per heavy atom. The molecule has 0 bridgehead atoms. The summed E-state index contributed by atoms with van der Waals surface area (Å²) >= 11 is 0. The number of carbonyl (C=O) groups excluding carboxylic acids is 1. The molecule has 2 heterocycles. The summed E-state index contributed by atoms with van der Waals surface area (Å²) in [6.45, 7) is 8.98. The predicted octanol–water partition coefficient (Wildman–Crippen LogP) is 3.59. The molecule has 1 aromatic heterocycles. The first-order valence-corrected chi connectivity index (χ1v) is 10.6. The molecule has 0 saturated carbocycles. The van der Waals surface area contributed by atoms with Gasteiger partial charge in [0.05, 0.1) is 11.4 Å². The van der Waals surface area contributed by atoms with Gasteiger partial charge in [0.25, 0.3) is 5.91 Å². The number of hydrogen-bond donors (Lipinski definition) is 1. The largest absolute Gasteiger partial charge is 0.348 e. The van der Waals surface area contributed by atoms with Crippen LogP contribution in [-0.4, -0.2) is 44.9 Å². The van der Waals surface area contributed by atoms with Crippen molar-refractivity contribution in [3.8, 4) is 5.69 Å². The zero-order valence-corrected chi connectivity index (χ0v) is 17.9. The highest BCUT2D eigenvalue weighted by atomic mass is 16.2. The molecule has 0 aliphatic carbocycles. The molecule has 1 N–H and O–H groups in total. The van der Waals surface area contributed by atoms with Crippen LogP contribution < -0.4 is 5.32 Å². The van der Waals surface area contributed by atoms with Crippen LogP contribution in [0.15, 0.2) is 48.5 Å². The second-order valence-corrected chi connectivity index (χ2v) is 8.29. The maximum atomic E-state index is 12.8. The lowest BCUT2D eigenvalue weighted by Crippen LogP contribution is -2.44. The number of amides is 1. The van der Waals surface area contributed by atoms with Crippen molar-refractivity contribution in [2.24, 2.45) is 0 Å². The molecule has 2 aromatic carbocycles. The molecule has 0 unspecified atom stereocenters. The molecule has 1 fully saturated rings. The third-order valence-electron chi connectivity index (χ3n) is 5.77. The Hall–Kier alpha value is -2.99. The van der Waals surface area contributed by atoms with Gasteiger partial charge < -0.3 is 5.32 Å². The van der Waals surface area contributed by atoms with Gasteiger partial charge >= 0.3 is 0 Å². The lowest BCUT2D eigenvalue weighted by molar-refractivity contribution is 0.0903. The van der Waals surface area contributed by atoms with Gasteiger partial charge in [0.1, 0.15) is 0 Å². The predicted molar refractivity (Wildman–Crippen MR) is 118 cm³/mol. The number of nitrogens with zero attached hydrogens (tertiary/aromatic N) is 4. The standard InChI is InChI=1S/C24H29N5O/c1-17-6-4-8-20(14-17)16-28-12-10-21(11-13-28)25-24(30)23-19(3)29(27-26-23)22-9-5-7-18(2)15-22/h4-9,14-15,21H,10-13,16H2,1-3H3,(H,25,30). The molecule has 0 atom stereocenters. The summed E-state index contributed by atoms with van der Waals surface area (Å²) < 4.78 is 1.73. The number of hydrogen-bond acceptors (Lipinski definition) is 4. The summed E-state index contributed by atoms with van der Waals surface area (Å²) in [4.78, 5) is 15.3. The molecule has 0 radical (unpaired) electrons. The lowest BCUT2D eigenvalue weighted by atomic mass is 10.0. The number of nitrogens with one attached hydrogen (secondary N) is 1. The van der Waals surface area contributed by atoms with Crippen LogP contribution in [0.3, 0.4) is 0 Å². The highest BCUT2D eigenvalue weighted by molar-refractivity contribution is 5.93. The van der Waals surface area contributed by atoms with Crippen molar-refractivity contribution in [3.63, 3.8) is 0 Å². The topological polar surface area (TPSA) is 63.1 Å². The molecule has 6 nitrogen and oxygen atoms in total. The van der Waals surface area contributed by atoms with Gasteiger partial charge in [-0.3, -0.25) is 9.69 Å².